The lowest BCUT2D eigenvalue weighted by Gasteiger charge is -2.36. The first kappa shape index (κ1) is 18.5. The number of ether oxygens (including phenoxy) is 1. The molecular formula is C22H30O2. The van der Waals surface area contributed by atoms with Crippen LogP contribution in [0, 0.1) is 17.8 Å². The topological polar surface area (TPSA) is 26.3 Å². The predicted octanol–water partition coefficient (Wildman–Crippen LogP) is 5.65. The summed E-state index contributed by atoms with van der Waals surface area (Å²) in [5.74, 6) is 1.49. The lowest BCUT2D eigenvalue weighted by atomic mass is 9.75. The van der Waals surface area contributed by atoms with Crippen molar-refractivity contribution in [1.82, 2.24) is 0 Å². The first-order valence-corrected chi connectivity index (χ1v) is 9.08. The SMILES string of the molecule is C/C(=C\C=C\c1ccccc1)C(=O)O[C@@H]1C[C@@H](C)CC[C@H]1C(C)C. The van der Waals surface area contributed by atoms with Gasteiger partial charge in [0, 0.05) is 5.57 Å². The lowest BCUT2D eigenvalue weighted by Crippen LogP contribution is -2.36. The molecule has 1 aliphatic carbocycles. The number of carbonyl (C=O) groups excluding carboxylic acids is 1. The molecule has 3 atom stereocenters. The van der Waals surface area contributed by atoms with Crippen molar-refractivity contribution >= 4 is 12.0 Å². The van der Waals surface area contributed by atoms with Gasteiger partial charge in [-0.3, -0.25) is 0 Å². The Hall–Kier alpha value is -1.83. The molecule has 0 amide bonds. The molecule has 130 valence electrons. The van der Waals surface area contributed by atoms with Gasteiger partial charge in [0.25, 0.3) is 0 Å². The van der Waals surface area contributed by atoms with Crippen LogP contribution in [0.25, 0.3) is 6.08 Å². The van der Waals surface area contributed by atoms with Crippen LogP contribution in [0.3, 0.4) is 0 Å². The molecule has 1 aromatic rings. The lowest BCUT2D eigenvalue weighted by molar-refractivity contribution is -0.151. The summed E-state index contributed by atoms with van der Waals surface area (Å²) in [7, 11) is 0. The molecule has 0 N–H and O–H groups in total. The van der Waals surface area contributed by atoms with Gasteiger partial charge < -0.3 is 4.74 Å². The summed E-state index contributed by atoms with van der Waals surface area (Å²) in [6, 6.07) is 10.1. The molecule has 0 bridgehead atoms. The second-order valence-electron chi connectivity index (χ2n) is 7.39. The van der Waals surface area contributed by atoms with Crippen LogP contribution < -0.4 is 0 Å². The standard InChI is InChI=1S/C22H30O2/c1-16(2)20-14-13-17(3)15-21(20)24-22(23)18(4)9-8-12-19-10-6-5-7-11-19/h5-12,16-17,20-21H,13-15H2,1-4H3/b12-8+,18-9+/t17-,20-,21+/m0/s1. The summed E-state index contributed by atoms with van der Waals surface area (Å²) >= 11 is 0. The third kappa shape index (κ3) is 5.36. The third-order valence-corrected chi connectivity index (χ3v) is 4.98. The van der Waals surface area contributed by atoms with Crippen LogP contribution in [0.1, 0.15) is 52.5 Å². The molecule has 0 heterocycles. The highest BCUT2D eigenvalue weighted by Gasteiger charge is 2.33. The molecular weight excluding hydrogens is 296 g/mol. The monoisotopic (exact) mass is 326 g/mol. The van der Waals surface area contributed by atoms with Crippen molar-refractivity contribution < 1.29 is 9.53 Å². The van der Waals surface area contributed by atoms with E-state index in [2.05, 4.69) is 20.8 Å². The van der Waals surface area contributed by atoms with E-state index in [1.165, 1.54) is 6.42 Å². The van der Waals surface area contributed by atoms with E-state index in [-0.39, 0.29) is 12.1 Å². The number of rotatable bonds is 5. The van der Waals surface area contributed by atoms with Crippen LogP contribution in [-0.4, -0.2) is 12.1 Å². The van der Waals surface area contributed by atoms with Crippen LogP contribution >= 0.6 is 0 Å². The number of esters is 1. The molecule has 0 spiro atoms. The van der Waals surface area contributed by atoms with Crippen molar-refractivity contribution in [1.29, 1.82) is 0 Å². The minimum atomic E-state index is -0.183. The van der Waals surface area contributed by atoms with Gasteiger partial charge in [0.1, 0.15) is 6.10 Å². The highest BCUT2D eigenvalue weighted by molar-refractivity contribution is 5.88. The molecule has 0 radical (unpaired) electrons. The van der Waals surface area contributed by atoms with Crippen LogP contribution in [0.5, 0.6) is 0 Å². The summed E-state index contributed by atoms with van der Waals surface area (Å²) in [6.07, 6.45) is 9.20. The summed E-state index contributed by atoms with van der Waals surface area (Å²) in [5, 5.41) is 0. The Morgan fingerprint density at radius 3 is 2.58 bits per heavy atom. The average Bonchev–Trinajstić information content (AvgIpc) is 2.55. The Balaban J connectivity index is 1.96. The van der Waals surface area contributed by atoms with Crippen LogP contribution in [0.4, 0.5) is 0 Å². The largest absolute Gasteiger partial charge is 0.459 e. The second-order valence-corrected chi connectivity index (χ2v) is 7.39. The van der Waals surface area contributed by atoms with Crippen molar-refractivity contribution in [3.05, 3.63) is 53.6 Å². The van der Waals surface area contributed by atoms with Gasteiger partial charge in [0.2, 0.25) is 0 Å². The van der Waals surface area contributed by atoms with E-state index in [9.17, 15) is 4.79 Å². The van der Waals surface area contributed by atoms with Crippen LogP contribution in [0.15, 0.2) is 48.1 Å². The van der Waals surface area contributed by atoms with E-state index < -0.39 is 0 Å². The fourth-order valence-electron chi connectivity index (χ4n) is 3.42. The quantitative estimate of drug-likeness (QED) is 0.397. The molecule has 24 heavy (non-hydrogen) atoms. The number of benzene rings is 1. The third-order valence-electron chi connectivity index (χ3n) is 4.98. The summed E-state index contributed by atoms with van der Waals surface area (Å²) in [5.41, 5.74) is 1.78. The normalized spacial score (nSPS) is 25.2. The molecule has 1 saturated carbocycles. The Bertz CT molecular complexity index is 583. The van der Waals surface area contributed by atoms with Crippen molar-refractivity contribution in [3.8, 4) is 0 Å². The Kier molecular flexibility index (Phi) is 6.84. The second kappa shape index (κ2) is 8.86. The van der Waals surface area contributed by atoms with Crippen molar-refractivity contribution in [2.24, 2.45) is 17.8 Å². The average molecular weight is 326 g/mol. The zero-order valence-corrected chi connectivity index (χ0v) is 15.4. The van der Waals surface area contributed by atoms with E-state index >= 15 is 0 Å². The molecule has 1 fully saturated rings. The predicted molar refractivity (Wildman–Crippen MR) is 100 cm³/mol. The molecule has 0 saturated heterocycles. The number of allylic oxidation sites excluding steroid dienone is 2. The molecule has 2 rings (SSSR count). The first-order valence-electron chi connectivity index (χ1n) is 9.08. The Morgan fingerprint density at radius 1 is 1.21 bits per heavy atom. The van der Waals surface area contributed by atoms with Gasteiger partial charge in [0.15, 0.2) is 0 Å². The van der Waals surface area contributed by atoms with Crippen LogP contribution in [-0.2, 0) is 9.53 Å². The molecule has 2 nitrogen and oxygen atoms in total. The highest BCUT2D eigenvalue weighted by Crippen LogP contribution is 2.35. The van der Waals surface area contributed by atoms with Gasteiger partial charge in [-0.2, -0.15) is 0 Å². The maximum atomic E-state index is 12.4. The zero-order chi connectivity index (χ0) is 17.5. The summed E-state index contributed by atoms with van der Waals surface area (Å²) < 4.78 is 5.86. The van der Waals surface area contributed by atoms with Crippen molar-refractivity contribution in [3.63, 3.8) is 0 Å². The van der Waals surface area contributed by atoms with E-state index in [4.69, 9.17) is 4.74 Å². The van der Waals surface area contributed by atoms with E-state index in [0.29, 0.717) is 23.3 Å². The number of hydrogen-bond acceptors (Lipinski definition) is 2. The molecule has 1 aliphatic rings. The van der Waals surface area contributed by atoms with Gasteiger partial charge >= 0.3 is 5.97 Å². The fourth-order valence-corrected chi connectivity index (χ4v) is 3.42. The Morgan fingerprint density at radius 2 is 1.92 bits per heavy atom. The molecule has 2 heteroatoms. The smallest absolute Gasteiger partial charge is 0.333 e. The van der Waals surface area contributed by atoms with Crippen LogP contribution in [0.2, 0.25) is 0 Å². The zero-order valence-electron chi connectivity index (χ0n) is 15.4. The Labute approximate surface area is 146 Å². The first-order chi connectivity index (χ1) is 11.5. The van der Waals surface area contributed by atoms with E-state index in [0.717, 1.165) is 18.4 Å². The van der Waals surface area contributed by atoms with E-state index in [1.54, 1.807) is 0 Å². The molecule has 0 aromatic heterocycles. The summed E-state index contributed by atoms with van der Waals surface area (Å²) in [4.78, 5) is 12.4. The maximum Gasteiger partial charge on any atom is 0.333 e. The highest BCUT2D eigenvalue weighted by atomic mass is 16.5. The van der Waals surface area contributed by atoms with Gasteiger partial charge in [-0.15, -0.1) is 0 Å². The number of hydrogen-bond donors (Lipinski definition) is 0. The van der Waals surface area contributed by atoms with Gasteiger partial charge in [-0.25, -0.2) is 4.79 Å². The van der Waals surface area contributed by atoms with Gasteiger partial charge in [-0.1, -0.05) is 75.8 Å². The minimum Gasteiger partial charge on any atom is -0.459 e. The molecule has 0 aliphatic heterocycles. The molecule has 0 unspecified atom stereocenters. The van der Waals surface area contributed by atoms with Gasteiger partial charge in [-0.05, 0) is 43.1 Å². The minimum absolute atomic E-state index is 0.0581. The summed E-state index contributed by atoms with van der Waals surface area (Å²) in [6.45, 7) is 8.54. The maximum absolute atomic E-state index is 12.4. The van der Waals surface area contributed by atoms with Gasteiger partial charge in [0.05, 0.1) is 0 Å². The van der Waals surface area contributed by atoms with E-state index in [1.807, 2.05) is 55.5 Å². The number of carbonyl (C=O) groups is 1. The molecule has 1 aromatic carbocycles. The van der Waals surface area contributed by atoms with Crippen molar-refractivity contribution in [2.75, 3.05) is 0 Å². The van der Waals surface area contributed by atoms with Crippen molar-refractivity contribution in [2.45, 2.75) is 53.1 Å². The fraction of sp³-hybridized carbons (Fsp3) is 0.500.